The lowest BCUT2D eigenvalue weighted by Crippen LogP contribution is -1.84. The molecule has 0 amide bonds. The van der Waals surface area contributed by atoms with Gasteiger partial charge in [-0.15, -0.1) is 0 Å². The quantitative estimate of drug-likeness (QED) is 0.559. The molecule has 0 saturated carbocycles. The molecule has 1 heteroatoms. The molecule has 0 aromatic heterocycles. The van der Waals surface area contributed by atoms with Crippen molar-refractivity contribution in [3.63, 3.8) is 0 Å². The average Bonchev–Trinajstić information content (AvgIpc) is 2.28. The molecule has 0 N–H and O–H groups in total. The third-order valence-electron chi connectivity index (χ3n) is 2.91. The normalized spacial score (nSPS) is 11.4. The van der Waals surface area contributed by atoms with Crippen molar-refractivity contribution in [2.75, 3.05) is 0 Å². The van der Waals surface area contributed by atoms with Crippen LogP contribution < -0.4 is 0 Å². The highest BCUT2D eigenvalue weighted by molar-refractivity contribution is 9.10. The van der Waals surface area contributed by atoms with Gasteiger partial charge in [-0.05, 0) is 64.2 Å². The highest BCUT2D eigenvalue weighted by Crippen LogP contribution is 2.14. The molecule has 1 aromatic carbocycles. The Morgan fingerprint density at radius 3 is 2.56 bits per heavy atom. The van der Waals surface area contributed by atoms with E-state index in [-0.39, 0.29) is 0 Å². The first kappa shape index (κ1) is 15.2. The monoisotopic (exact) mass is 306 g/mol. The lowest BCUT2D eigenvalue weighted by molar-refractivity contribution is 0.925. The van der Waals surface area contributed by atoms with E-state index < -0.39 is 0 Å². The molecule has 0 aliphatic rings. The highest BCUT2D eigenvalue weighted by atomic mass is 79.9. The summed E-state index contributed by atoms with van der Waals surface area (Å²) in [6.45, 7) is 6.55. The van der Waals surface area contributed by atoms with Crippen LogP contribution in [0.5, 0.6) is 0 Å². The van der Waals surface area contributed by atoms with E-state index in [0.717, 1.165) is 12.8 Å². The minimum Gasteiger partial charge on any atom is -0.0856 e. The van der Waals surface area contributed by atoms with Gasteiger partial charge in [-0.3, -0.25) is 0 Å². The fourth-order valence-corrected chi connectivity index (χ4v) is 2.31. The molecule has 1 rings (SSSR count). The van der Waals surface area contributed by atoms with Crippen LogP contribution in [0.3, 0.4) is 0 Å². The summed E-state index contributed by atoms with van der Waals surface area (Å²) in [5.41, 5.74) is 4.32. The molecule has 0 heterocycles. The molecule has 1 aromatic rings. The van der Waals surface area contributed by atoms with Crippen LogP contribution >= 0.6 is 15.9 Å². The third kappa shape index (κ3) is 6.80. The molecule has 0 unspecified atom stereocenters. The zero-order valence-corrected chi connectivity index (χ0v) is 13.3. The Kier molecular flexibility index (Phi) is 7.04. The van der Waals surface area contributed by atoms with E-state index in [4.69, 9.17) is 0 Å². The molecule has 0 aliphatic heterocycles. The van der Waals surface area contributed by atoms with Gasteiger partial charge in [-0.2, -0.15) is 0 Å². The molecule has 0 bridgehead atoms. The number of hydrogen-bond acceptors (Lipinski definition) is 0. The fourth-order valence-electron chi connectivity index (χ4n) is 1.87. The van der Waals surface area contributed by atoms with Gasteiger partial charge < -0.3 is 0 Å². The summed E-state index contributed by atoms with van der Waals surface area (Å²) in [6.07, 6.45) is 9.30. The van der Waals surface area contributed by atoms with E-state index in [1.54, 1.807) is 0 Å². The summed E-state index contributed by atoms with van der Waals surface area (Å²) >= 11 is 3.51. The number of hydrogen-bond donors (Lipinski definition) is 0. The first-order chi connectivity index (χ1) is 8.58. The van der Waals surface area contributed by atoms with E-state index >= 15 is 0 Å². The highest BCUT2D eigenvalue weighted by Gasteiger charge is 1.94. The average molecular weight is 307 g/mol. The van der Waals surface area contributed by atoms with E-state index in [0.29, 0.717) is 0 Å². The Labute approximate surface area is 120 Å². The Morgan fingerprint density at radius 2 is 1.89 bits per heavy atom. The molecule has 98 valence electrons. The molecule has 0 fully saturated rings. The zero-order valence-electron chi connectivity index (χ0n) is 11.7. The van der Waals surface area contributed by atoms with E-state index in [1.807, 2.05) is 0 Å². The van der Waals surface area contributed by atoms with E-state index in [1.165, 1.54) is 34.0 Å². The summed E-state index contributed by atoms with van der Waals surface area (Å²) < 4.78 is 1.17. The zero-order chi connectivity index (χ0) is 13.4. The number of halogens is 1. The second-order valence-corrected chi connectivity index (χ2v) is 5.95. The Balaban J connectivity index is 2.33. The van der Waals surface area contributed by atoms with Crippen molar-refractivity contribution in [3.8, 4) is 0 Å². The summed E-state index contributed by atoms with van der Waals surface area (Å²) in [4.78, 5) is 0. The van der Waals surface area contributed by atoms with Crippen molar-refractivity contribution in [2.45, 2.75) is 46.5 Å². The van der Waals surface area contributed by atoms with Gasteiger partial charge in [0.15, 0.2) is 0 Å². The second kappa shape index (κ2) is 8.31. The fraction of sp³-hybridized carbons (Fsp3) is 0.412. The minimum absolute atomic E-state index is 1.12. The van der Waals surface area contributed by atoms with Crippen molar-refractivity contribution in [3.05, 3.63) is 57.6 Å². The van der Waals surface area contributed by atoms with E-state index in [9.17, 15) is 0 Å². The summed E-state index contributed by atoms with van der Waals surface area (Å²) in [6, 6.07) is 8.57. The topological polar surface area (TPSA) is 0 Å². The van der Waals surface area contributed by atoms with Crippen molar-refractivity contribution >= 4 is 15.9 Å². The lowest BCUT2D eigenvalue weighted by Gasteiger charge is -2.01. The van der Waals surface area contributed by atoms with Gasteiger partial charge in [0.1, 0.15) is 0 Å². The van der Waals surface area contributed by atoms with Crippen molar-refractivity contribution in [1.29, 1.82) is 0 Å². The number of allylic oxidation sites excluding steroid dienone is 4. The molecule has 0 aliphatic carbocycles. The molecule has 0 nitrogen and oxygen atoms in total. The predicted octanol–water partition coefficient (Wildman–Crippen LogP) is 6.07. The standard InChI is InChI=1S/C17H23Br/c1-14(2)7-4-8-15(3)9-5-10-16-11-6-12-17(18)13-16/h6-7,9,11-13H,4-5,8,10H2,1-3H3. The predicted molar refractivity (Wildman–Crippen MR) is 84.9 cm³/mol. The molecule has 0 spiro atoms. The van der Waals surface area contributed by atoms with Crippen LogP contribution in [-0.4, -0.2) is 0 Å². The molecule has 0 radical (unpaired) electrons. The van der Waals surface area contributed by atoms with Crippen LogP contribution in [0.1, 0.15) is 45.6 Å². The van der Waals surface area contributed by atoms with Crippen molar-refractivity contribution < 1.29 is 0 Å². The Morgan fingerprint density at radius 1 is 1.11 bits per heavy atom. The van der Waals surface area contributed by atoms with Crippen LogP contribution in [0, 0.1) is 0 Å². The van der Waals surface area contributed by atoms with Gasteiger partial charge in [-0.1, -0.05) is 51.4 Å². The van der Waals surface area contributed by atoms with E-state index in [2.05, 4.69) is 73.1 Å². The van der Waals surface area contributed by atoms with Crippen LogP contribution in [0.15, 0.2) is 52.0 Å². The molecule has 0 atom stereocenters. The second-order valence-electron chi connectivity index (χ2n) is 5.04. The maximum atomic E-state index is 3.51. The van der Waals surface area contributed by atoms with Gasteiger partial charge in [-0.25, -0.2) is 0 Å². The number of benzene rings is 1. The molecular formula is C17H23Br. The molecular weight excluding hydrogens is 284 g/mol. The molecule has 0 saturated heterocycles. The SMILES string of the molecule is CC(C)=CCCC(C)=CCCc1cccc(Br)c1. The Hall–Kier alpha value is -0.820. The maximum absolute atomic E-state index is 3.51. The maximum Gasteiger partial charge on any atom is 0.0177 e. The first-order valence-electron chi connectivity index (χ1n) is 6.61. The van der Waals surface area contributed by atoms with Crippen LogP contribution in [0.25, 0.3) is 0 Å². The van der Waals surface area contributed by atoms with Crippen LogP contribution in [0.2, 0.25) is 0 Å². The number of rotatable bonds is 6. The van der Waals surface area contributed by atoms with Gasteiger partial charge >= 0.3 is 0 Å². The van der Waals surface area contributed by atoms with Crippen molar-refractivity contribution in [1.82, 2.24) is 0 Å². The minimum atomic E-state index is 1.12. The summed E-state index contributed by atoms with van der Waals surface area (Å²) in [5.74, 6) is 0. The Bertz CT molecular complexity index is 423. The smallest absolute Gasteiger partial charge is 0.0177 e. The van der Waals surface area contributed by atoms with Gasteiger partial charge in [0.2, 0.25) is 0 Å². The van der Waals surface area contributed by atoms with Crippen molar-refractivity contribution in [2.24, 2.45) is 0 Å². The lowest BCUT2D eigenvalue weighted by atomic mass is 10.1. The van der Waals surface area contributed by atoms with Gasteiger partial charge in [0, 0.05) is 4.47 Å². The first-order valence-corrected chi connectivity index (χ1v) is 7.40. The summed E-state index contributed by atoms with van der Waals surface area (Å²) in [5, 5.41) is 0. The summed E-state index contributed by atoms with van der Waals surface area (Å²) in [7, 11) is 0. The van der Waals surface area contributed by atoms with Gasteiger partial charge in [0.25, 0.3) is 0 Å². The van der Waals surface area contributed by atoms with Gasteiger partial charge in [0.05, 0.1) is 0 Å². The number of aryl methyl sites for hydroxylation is 1. The largest absolute Gasteiger partial charge is 0.0856 e. The third-order valence-corrected chi connectivity index (χ3v) is 3.40. The van der Waals surface area contributed by atoms with Crippen LogP contribution in [-0.2, 0) is 6.42 Å². The van der Waals surface area contributed by atoms with Crippen LogP contribution in [0.4, 0.5) is 0 Å². The molecule has 18 heavy (non-hydrogen) atoms.